The first-order valence-corrected chi connectivity index (χ1v) is 12.1. The van der Waals surface area contributed by atoms with Crippen LogP contribution < -0.4 is 5.56 Å². The normalized spacial score (nSPS) is 23.7. The van der Waals surface area contributed by atoms with Gasteiger partial charge < -0.3 is 4.98 Å². The Bertz CT molecular complexity index is 1180. The van der Waals surface area contributed by atoms with Crippen LogP contribution in [0, 0.1) is 6.92 Å². The molecule has 1 saturated carbocycles. The van der Waals surface area contributed by atoms with Gasteiger partial charge in [-0.1, -0.05) is 24.5 Å². The molecule has 6 rings (SSSR count). The number of hydrogen-bond acceptors (Lipinski definition) is 6. The van der Waals surface area contributed by atoms with Crippen molar-refractivity contribution in [3.05, 3.63) is 51.6 Å². The second-order valence-corrected chi connectivity index (χ2v) is 9.79. The number of benzene rings is 1. The molecule has 0 spiro atoms. The van der Waals surface area contributed by atoms with Crippen molar-refractivity contribution in [3.63, 3.8) is 0 Å². The number of aromatic nitrogens is 5. The minimum Gasteiger partial charge on any atom is -0.322 e. The maximum absolute atomic E-state index is 13.4. The number of H-pyrrole nitrogens is 1. The molecule has 0 unspecified atom stereocenters. The highest BCUT2D eigenvalue weighted by atomic mass is 16.1. The maximum Gasteiger partial charge on any atom is 0.253 e. The molecule has 2 saturated heterocycles. The lowest BCUT2D eigenvalue weighted by molar-refractivity contribution is 0.0783. The Balaban J connectivity index is 1.47. The SMILES string of the molecule is Cc1ccc2[nH]c(=O)c([C@@H](c3nnnn3C3CCCC3)N3CCN4CCC[C@@H]4C3)cc2c1. The molecule has 2 aliphatic heterocycles. The van der Waals surface area contributed by atoms with Crippen molar-refractivity contribution in [2.24, 2.45) is 0 Å². The van der Waals surface area contributed by atoms with Crippen LogP contribution >= 0.6 is 0 Å². The van der Waals surface area contributed by atoms with E-state index in [-0.39, 0.29) is 11.6 Å². The van der Waals surface area contributed by atoms with Gasteiger partial charge in [-0.25, -0.2) is 4.68 Å². The van der Waals surface area contributed by atoms with E-state index in [1.807, 2.05) is 16.8 Å². The maximum atomic E-state index is 13.4. The van der Waals surface area contributed by atoms with E-state index in [0.717, 1.165) is 54.8 Å². The van der Waals surface area contributed by atoms with E-state index in [9.17, 15) is 4.79 Å². The summed E-state index contributed by atoms with van der Waals surface area (Å²) >= 11 is 0. The average molecular weight is 434 g/mol. The molecule has 1 aromatic carbocycles. The van der Waals surface area contributed by atoms with Crippen LogP contribution in [0.4, 0.5) is 0 Å². The summed E-state index contributed by atoms with van der Waals surface area (Å²) in [6.07, 6.45) is 7.13. The highest BCUT2D eigenvalue weighted by Gasteiger charge is 2.38. The Hall–Kier alpha value is -2.58. The Morgan fingerprint density at radius 2 is 1.88 bits per heavy atom. The molecular formula is C24H31N7O. The van der Waals surface area contributed by atoms with Crippen molar-refractivity contribution in [1.29, 1.82) is 0 Å². The zero-order valence-corrected chi connectivity index (χ0v) is 18.7. The molecule has 2 atom stereocenters. The Morgan fingerprint density at radius 3 is 2.75 bits per heavy atom. The monoisotopic (exact) mass is 433 g/mol. The van der Waals surface area contributed by atoms with Gasteiger partial charge in [0, 0.05) is 36.8 Å². The van der Waals surface area contributed by atoms with Crippen molar-refractivity contribution < 1.29 is 0 Å². The predicted octanol–water partition coefficient (Wildman–Crippen LogP) is 2.81. The van der Waals surface area contributed by atoms with Crippen LogP contribution in [0.3, 0.4) is 0 Å². The second-order valence-electron chi connectivity index (χ2n) is 9.79. The number of nitrogens with one attached hydrogen (secondary N) is 1. The molecule has 8 nitrogen and oxygen atoms in total. The quantitative estimate of drug-likeness (QED) is 0.681. The number of piperazine rings is 1. The minimum absolute atomic E-state index is 0.0406. The molecule has 1 N–H and O–H groups in total. The molecule has 2 aromatic heterocycles. The van der Waals surface area contributed by atoms with Gasteiger partial charge in [0.05, 0.1) is 6.04 Å². The number of aromatic amines is 1. The van der Waals surface area contributed by atoms with Crippen molar-refractivity contribution in [2.75, 3.05) is 26.2 Å². The zero-order valence-electron chi connectivity index (χ0n) is 18.7. The van der Waals surface area contributed by atoms with Crippen molar-refractivity contribution in [2.45, 2.75) is 63.6 Å². The van der Waals surface area contributed by atoms with Crippen LogP contribution in [-0.2, 0) is 0 Å². The Morgan fingerprint density at radius 1 is 1.03 bits per heavy atom. The fraction of sp³-hybridized carbons (Fsp3) is 0.583. The van der Waals surface area contributed by atoms with E-state index in [4.69, 9.17) is 0 Å². The fourth-order valence-corrected chi connectivity index (χ4v) is 6.08. The molecule has 3 fully saturated rings. The third-order valence-electron chi connectivity index (χ3n) is 7.74. The van der Waals surface area contributed by atoms with Gasteiger partial charge in [-0.15, -0.1) is 5.10 Å². The van der Waals surface area contributed by atoms with Crippen LogP contribution in [0.25, 0.3) is 10.9 Å². The van der Waals surface area contributed by atoms with Gasteiger partial charge >= 0.3 is 0 Å². The summed E-state index contributed by atoms with van der Waals surface area (Å²) in [6.45, 7) is 6.19. The number of fused-ring (bicyclic) bond motifs is 2. The standard InChI is InChI=1S/C24H31N7O/c1-16-8-9-21-17(13-16)14-20(24(32)25-21)22(30-12-11-29-10-4-7-19(29)15-30)23-26-27-28-31(23)18-5-2-3-6-18/h8-9,13-14,18-19,22H,2-7,10-12,15H2,1H3,(H,25,32)/t19-,22+/m1/s1. The molecule has 0 radical (unpaired) electrons. The summed E-state index contributed by atoms with van der Waals surface area (Å²) in [4.78, 5) is 21.6. The molecule has 0 amide bonds. The second kappa shape index (κ2) is 8.08. The fourth-order valence-electron chi connectivity index (χ4n) is 6.08. The highest BCUT2D eigenvalue weighted by Crippen LogP contribution is 2.35. The number of pyridine rings is 1. The zero-order chi connectivity index (χ0) is 21.7. The molecule has 8 heteroatoms. The summed E-state index contributed by atoms with van der Waals surface area (Å²) in [5.74, 6) is 0.820. The van der Waals surface area contributed by atoms with Crippen LogP contribution in [0.15, 0.2) is 29.1 Å². The van der Waals surface area contributed by atoms with E-state index >= 15 is 0 Å². The molecule has 1 aliphatic carbocycles. The third-order valence-corrected chi connectivity index (χ3v) is 7.74. The molecule has 3 aliphatic rings. The molecule has 0 bridgehead atoms. The third kappa shape index (κ3) is 3.46. The van der Waals surface area contributed by atoms with Gasteiger partial charge in [-0.3, -0.25) is 14.6 Å². The number of rotatable bonds is 4. The van der Waals surface area contributed by atoms with Crippen LogP contribution in [0.2, 0.25) is 0 Å². The molecule has 32 heavy (non-hydrogen) atoms. The largest absolute Gasteiger partial charge is 0.322 e. The number of nitrogens with zero attached hydrogens (tertiary/aromatic N) is 6. The first-order valence-electron chi connectivity index (χ1n) is 12.1. The lowest BCUT2D eigenvalue weighted by atomic mass is 10.00. The van der Waals surface area contributed by atoms with Gasteiger partial charge in [0.25, 0.3) is 5.56 Å². The number of hydrogen-bond donors (Lipinski definition) is 1. The van der Waals surface area contributed by atoms with Crippen LogP contribution in [0.1, 0.15) is 67.6 Å². The summed E-state index contributed by atoms with van der Waals surface area (Å²) in [7, 11) is 0. The first-order chi connectivity index (χ1) is 15.7. The Labute approximate surface area is 187 Å². The van der Waals surface area contributed by atoms with Gasteiger partial charge in [-0.2, -0.15) is 0 Å². The number of aryl methyl sites for hydroxylation is 1. The predicted molar refractivity (Wildman–Crippen MR) is 123 cm³/mol. The van der Waals surface area contributed by atoms with Crippen molar-refractivity contribution in [1.82, 2.24) is 35.0 Å². The van der Waals surface area contributed by atoms with Gasteiger partial charge in [0.1, 0.15) is 6.04 Å². The summed E-state index contributed by atoms with van der Waals surface area (Å²) in [5, 5.41) is 14.1. The van der Waals surface area contributed by atoms with Gasteiger partial charge in [-0.05, 0) is 73.2 Å². The van der Waals surface area contributed by atoms with Crippen LogP contribution in [0.5, 0.6) is 0 Å². The molecular weight excluding hydrogens is 402 g/mol. The van der Waals surface area contributed by atoms with E-state index < -0.39 is 0 Å². The van der Waals surface area contributed by atoms with E-state index in [0.29, 0.717) is 12.1 Å². The van der Waals surface area contributed by atoms with Gasteiger partial charge in [0.2, 0.25) is 0 Å². The van der Waals surface area contributed by atoms with E-state index in [1.54, 1.807) is 0 Å². The highest BCUT2D eigenvalue weighted by molar-refractivity contribution is 5.79. The summed E-state index contributed by atoms with van der Waals surface area (Å²) in [6, 6.07) is 8.89. The molecule has 3 aromatic rings. The average Bonchev–Trinajstić information content (AvgIpc) is 3.55. The first kappa shape index (κ1) is 20.1. The van der Waals surface area contributed by atoms with Crippen LogP contribution in [-0.4, -0.2) is 67.2 Å². The van der Waals surface area contributed by atoms with E-state index in [2.05, 4.69) is 49.4 Å². The molecule has 168 valence electrons. The van der Waals surface area contributed by atoms with E-state index in [1.165, 1.54) is 37.8 Å². The summed E-state index contributed by atoms with van der Waals surface area (Å²) in [5.41, 5.74) is 2.77. The van der Waals surface area contributed by atoms with Crippen molar-refractivity contribution >= 4 is 10.9 Å². The Kier molecular flexibility index (Phi) is 5.07. The van der Waals surface area contributed by atoms with Crippen molar-refractivity contribution in [3.8, 4) is 0 Å². The lowest BCUT2D eigenvalue weighted by Crippen LogP contribution is -2.52. The molecule has 4 heterocycles. The lowest BCUT2D eigenvalue weighted by Gasteiger charge is -2.41. The summed E-state index contributed by atoms with van der Waals surface area (Å²) < 4.78 is 2.03. The number of tetrazole rings is 1. The smallest absolute Gasteiger partial charge is 0.253 e. The van der Waals surface area contributed by atoms with Gasteiger partial charge in [0.15, 0.2) is 5.82 Å². The topological polar surface area (TPSA) is 82.9 Å². The minimum atomic E-state index is -0.234.